The molecule has 25 heavy (non-hydrogen) atoms. The number of aromatic amines is 1. The Hall–Kier alpha value is -3.02. The lowest BCUT2D eigenvalue weighted by Crippen LogP contribution is -2.15. The van der Waals surface area contributed by atoms with Crippen molar-refractivity contribution in [3.63, 3.8) is 0 Å². The molecule has 0 unspecified atom stereocenters. The van der Waals surface area contributed by atoms with Crippen molar-refractivity contribution in [3.8, 4) is 0 Å². The first-order chi connectivity index (χ1) is 12.0. The Bertz CT molecular complexity index is 962. The van der Waals surface area contributed by atoms with Crippen molar-refractivity contribution in [2.24, 2.45) is 0 Å². The number of Topliss-reactive ketones (excluding diaryl/α,β-unsaturated/α-hetero) is 1. The first kappa shape index (κ1) is 16.8. The minimum absolute atomic E-state index is 0.401. The van der Waals surface area contributed by atoms with Gasteiger partial charge < -0.3 is 9.72 Å². The van der Waals surface area contributed by atoms with Gasteiger partial charge in [0.05, 0.1) is 5.56 Å². The molecule has 0 aliphatic heterocycles. The number of ether oxygens (including phenoxy) is 1. The van der Waals surface area contributed by atoms with Gasteiger partial charge in [-0.25, -0.2) is 13.6 Å². The summed E-state index contributed by atoms with van der Waals surface area (Å²) in [6.07, 6.45) is 2.38. The lowest BCUT2D eigenvalue weighted by atomic mass is 10.1. The van der Waals surface area contributed by atoms with Crippen molar-refractivity contribution in [2.45, 2.75) is 13.3 Å². The number of rotatable bonds is 5. The summed E-state index contributed by atoms with van der Waals surface area (Å²) in [5.74, 6) is -3.25. The fraction of sp³-hybridized carbons (Fsp3) is 0.158. The predicted molar refractivity (Wildman–Crippen MR) is 88.6 cm³/mol. The zero-order valence-corrected chi connectivity index (χ0v) is 13.4. The topological polar surface area (TPSA) is 59.2 Å². The quantitative estimate of drug-likeness (QED) is 0.562. The number of H-pyrrole nitrogens is 1. The second-order valence-electron chi connectivity index (χ2n) is 5.52. The van der Waals surface area contributed by atoms with E-state index in [0.717, 1.165) is 35.0 Å². The highest BCUT2D eigenvalue weighted by Crippen LogP contribution is 2.22. The Morgan fingerprint density at radius 2 is 1.92 bits per heavy atom. The molecular weight excluding hydrogens is 328 g/mol. The molecule has 0 radical (unpaired) electrons. The summed E-state index contributed by atoms with van der Waals surface area (Å²) in [5.41, 5.74) is 1.92. The van der Waals surface area contributed by atoms with Gasteiger partial charge in [0.1, 0.15) is 11.6 Å². The Morgan fingerprint density at radius 1 is 1.12 bits per heavy atom. The normalized spacial score (nSPS) is 10.8. The average molecular weight is 343 g/mol. The molecule has 0 saturated heterocycles. The molecule has 0 bridgehead atoms. The Balaban J connectivity index is 1.76. The number of carbonyl (C=O) groups is 2. The zero-order valence-electron chi connectivity index (χ0n) is 13.4. The molecule has 3 rings (SSSR count). The molecule has 3 aromatic rings. The van der Waals surface area contributed by atoms with Crippen LogP contribution in [0, 0.1) is 11.6 Å². The highest BCUT2D eigenvalue weighted by Gasteiger charge is 2.18. The van der Waals surface area contributed by atoms with Gasteiger partial charge in [-0.3, -0.25) is 4.79 Å². The molecule has 6 heteroatoms. The minimum atomic E-state index is -1.03. The maximum Gasteiger partial charge on any atom is 0.341 e. The van der Waals surface area contributed by atoms with Gasteiger partial charge in [-0.1, -0.05) is 25.1 Å². The lowest BCUT2D eigenvalue weighted by Gasteiger charge is -2.05. The number of ketones is 1. The monoisotopic (exact) mass is 343 g/mol. The zero-order chi connectivity index (χ0) is 18.0. The summed E-state index contributed by atoms with van der Waals surface area (Å²) in [4.78, 5) is 27.3. The minimum Gasteiger partial charge on any atom is -0.454 e. The maximum atomic E-state index is 13.6. The van der Waals surface area contributed by atoms with Gasteiger partial charge in [0.25, 0.3) is 0 Å². The van der Waals surface area contributed by atoms with E-state index in [2.05, 4.69) is 4.98 Å². The molecule has 1 aromatic heterocycles. The SMILES string of the molecule is CCc1cccc2c(C(=O)COC(=O)c3ccc(F)cc3F)c[nH]c12. The molecule has 128 valence electrons. The highest BCUT2D eigenvalue weighted by atomic mass is 19.1. The fourth-order valence-electron chi connectivity index (χ4n) is 2.68. The van der Waals surface area contributed by atoms with Crippen LogP contribution in [0.3, 0.4) is 0 Å². The lowest BCUT2D eigenvalue weighted by molar-refractivity contribution is 0.0470. The number of aryl methyl sites for hydroxylation is 1. The first-order valence-corrected chi connectivity index (χ1v) is 7.75. The van der Waals surface area contributed by atoms with E-state index in [9.17, 15) is 18.4 Å². The third-order valence-electron chi connectivity index (χ3n) is 3.97. The van der Waals surface area contributed by atoms with Crippen molar-refractivity contribution in [2.75, 3.05) is 6.61 Å². The van der Waals surface area contributed by atoms with E-state index in [0.29, 0.717) is 11.6 Å². The molecule has 0 atom stereocenters. The summed E-state index contributed by atoms with van der Waals surface area (Å²) < 4.78 is 31.3. The van der Waals surface area contributed by atoms with Crippen LogP contribution in [0.15, 0.2) is 42.6 Å². The van der Waals surface area contributed by atoms with E-state index >= 15 is 0 Å². The van der Waals surface area contributed by atoms with Crippen LogP contribution in [-0.2, 0) is 11.2 Å². The third kappa shape index (κ3) is 3.28. The van der Waals surface area contributed by atoms with E-state index in [1.165, 1.54) is 0 Å². The molecule has 1 N–H and O–H groups in total. The van der Waals surface area contributed by atoms with E-state index in [-0.39, 0.29) is 0 Å². The number of para-hydroxylation sites is 1. The summed E-state index contributed by atoms with van der Waals surface area (Å²) in [6, 6.07) is 8.14. The smallest absolute Gasteiger partial charge is 0.341 e. The van der Waals surface area contributed by atoms with Crippen molar-refractivity contribution in [3.05, 3.63) is 70.9 Å². The van der Waals surface area contributed by atoms with Crippen molar-refractivity contribution in [1.29, 1.82) is 0 Å². The average Bonchev–Trinajstić information content (AvgIpc) is 3.03. The maximum absolute atomic E-state index is 13.6. The number of hydrogen-bond donors (Lipinski definition) is 1. The van der Waals surface area contributed by atoms with Gasteiger partial charge in [-0.15, -0.1) is 0 Å². The molecule has 1 heterocycles. The largest absolute Gasteiger partial charge is 0.454 e. The molecule has 0 aliphatic carbocycles. The van der Waals surface area contributed by atoms with Crippen molar-refractivity contribution >= 4 is 22.7 Å². The van der Waals surface area contributed by atoms with Gasteiger partial charge >= 0.3 is 5.97 Å². The highest BCUT2D eigenvalue weighted by molar-refractivity contribution is 6.09. The van der Waals surface area contributed by atoms with Crippen molar-refractivity contribution in [1.82, 2.24) is 4.98 Å². The number of aromatic nitrogens is 1. The number of hydrogen-bond acceptors (Lipinski definition) is 3. The van der Waals surface area contributed by atoms with E-state index < -0.39 is 35.6 Å². The van der Waals surface area contributed by atoms with Crippen LogP contribution in [0.5, 0.6) is 0 Å². The summed E-state index contributed by atoms with van der Waals surface area (Å²) in [7, 11) is 0. The Kier molecular flexibility index (Phi) is 4.61. The van der Waals surface area contributed by atoms with E-state index in [4.69, 9.17) is 4.74 Å². The molecule has 0 spiro atoms. The van der Waals surface area contributed by atoms with Gasteiger partial charge in [0.15, 0.2) is 6.61 Å². The molecule has 2 aromatic carbocycles. The summed E-state index contributed by atoms with van der Waals surface area (Å²) in [5, 5.41) is 0.744. The van der Waals surface area contributed by atoms with Gasteiger partial charge in [-0.05, 0) is 24.1 Å². The number of nitrogens with one attached hydrogen (secondary N) is 1. The number of fused-ring (bicyclic) bond motifs is 1. The van der Waals surface area contributed by atoms with Crippen LogP contribution < -0.4 is 0 Å². The van der Waals surface area contributed by atoms with Crippen LogP contribution in [0.25, 0.3) is 10.9 Å². The number of esters is 1. The van der Waals surface area contributed by atoms with Crippen molar-refractivity contribution < 1.29 is 23.1 Å². The Morgan fingerprint density at radius 3 is 2.64 bits per heavy atom. The van der Waals surface area contributed by atoms with Crippen LogP contribution in [0.4, 0.5) is 8.78 Å². The second-order valence-corrected chi connectivity index (χ2v) is 5.52. The molecule has 0 fully saturated rings. The summed E-state index contributed by atoms with van der Waals surface area (Å²) >= 11 is 0. The molecule has 0 aliphatic rings. The van der Waals surface area contributed by atoms with E-state index in [1.54, 1.807) is 12.3 Å². The Labute approximate surface area is 142 Å². The van der Waals surface area contributed by atoms with Gasteiger partial charge in [0.2, 0.25) is 5.78 Å². The number of benzene rings is 2. The van der Waals surface area contributed by atoms with Crippen LogP contribution >= 0.6 is 0 Å². The van der Waals surface area contributed by atoms with E-state index in [1.807, 2.05) is 19.1 Å². The van der Waals surface area contributed by atoms with Crippen LogP contribution in [0.1, 0.15) is 33.2 Å². The predicted octanol–water partition coefficient (Wildman–Crippen LogP) is 4.05. The molecule has 0 amide bonds. The van der Waals surface area contributed by atoms with Crippen LogP contribution in [-0.4, -0.2) is 23.3 Å². The number of halogens is 2. The second kappa shape index (κ2) is 6.84. The summed E-state index contributed by atoms with van der Waals surface area (Å²) in [6.45, 7) is 1.48. The fourth-order valence-corrected chi connectivity index (χ4v) is 2.68. The van der Waals surface area contributed by atoms with Crippen LogP contribution in [0.2, 0.25) is 0 Å². The standard InChI is InChI=1S/C19H15F2NO3/c1-2-11-4-3-5-13-15(9-22-18(11)13)17(23)10-25-19(24)14-7-6-12(20)8-16(14)21/h3-9,22H,2,10H2,1H3. The van der Waals surface area contributed by atoms with Gasteiger partial charge in [0, 0.05) is 28.7 Å². The first-order valence-electron chi connectivity index (χ1n) is 7.75. The van der Waals surface area contributed by atoms with Gasteiger partial charge in [-0.2, -0.15) is 0 Å². The molecule has 4 nitrogen and oxygen atoms in total. The molecule has 0 saturated carbocycles. The third-order valence-corrected chi connectivity index (χ3v) is 3.97. The number of carbonyl (C=O) groups excluding carboxylic acids is 2. The molecular formula is C19H15F2NO3.